The van der Waals surface area contributed by atoms with Gasteiger partial charge < -0.3 is 18.9 Å². The number of allylic oxidation sites excluding steroid dienone is 4. The highest BCUT2D eigenvalue weighted by Gasteiger charge is 2.17. The van der Waals surface area contributed by atoms with Crippen molar-refractivity contribution < 1.29 is 38.1 Å². The first-order valence-corrected chi connectivity index (χ1v) is 11.4. The number of rotatable bonds is 12. The zero-order chi connectivity index (χ0) is 25.8. The summed E-state index contributed by atoms with van der Waals surface area (Å²) in [6.45, 7) is 4.09. The third-order valence-electron chi connectivity index (χ3n) is 5.11. The molecule has 186 valence electrons. The molecule has 8 nitrogen and oxygen atoms in total. The zero-order valence-electron chi connectivity index (χ0n) is 19.6. The third kappa shape index (κ3) is 8.09. The average Bonchev–Trinajstić information content (AvgIpc) is 2.91. The van der Waals surface area contributed by atoms with E-state index in [0.717, 1.165) is 6.08 Å². The molecule has 0 radical (unpaired) electrons. The van der Waals surface area contributed by atoms with Gasteiger partial charge >= 0.3 is 17.9 Å². The quantitative estimate of drug-likeness (QED) is 0.135. The van der Waals surface area contributed by atoms with E-state index >= 15 is 0 Å². The van der Waals surface area contributed by atoms with Crippen molar-refractivity contribution in [1.29, 1.82) is 0 Å². The van der Waals surface area contributed by atoms with E-state index < -0.39 is 17.9 Å². The van der Waals surface area contributed by atoms with Crippen molar-refractivity contribution in [2.24, 2.45) is 0 Å². The molecule has 0 spiro atoms. The molecule has 0 fully saturated rings. The average molecular weight is 491 g/mol. The Hall–Kier alpha value is -4.46. The van der Waals surface area contributed by atoms with Gasteiger partial charge in [0.05, 0.1) is 24.3 Å². The Labute approximate surface area is 208 Å². The van der Waals surface area contributed by atoms with Crippen LogP contribution in [0.4, 0.5) is 0 Å². The maximum atomic E-state index is 12.4. The first-order chi connectivity index (χ1) is 17.5. The number of hydrogen-bond acceptors (Lipinski definition) is 8. The van der Waals surface area contributed by atoms with Crippen LogP contribution >= 0.6 is 0 Å². The van der Waals surface area contributed by atoms with E-state index in [4.69, 9.17) is 18.9 Å². The van der Waals surface area contributed by atoms with E-state index in [2.05, 4.69) is 6.58 Å². The molecule has 3 rings (SSSR count). The number of esters is 3. The van der Waals surface area contributed by atoms with Crippen LogP contribution in [0.1, 0.15) is 56.8 Å². The zero-order valence-corrected chi connectivity index (χ0v) is 19.6. The molecule has 8 heteroatoms. The monoisotopic (exact) mass is 490 g/mol. The Balaban J connectivity index is 1.42. The summed E-state index contributed by atoms with van der Waals surface area (Å²) in [6, 6.07) is 12.7. The summed E-state index contributed by atoms with van der Waals surface area (Å²) in [5.41, 5.74) is 1.18. The van der Waals surface area contributed by atoms with Gasteiger partial charge in [0.1, 0.15) is 23.6 Å². The summed E-state index contributed by atoms with van der Waals surface area (Å²) in [7, 11) is 0. The molecule has 0 N–H and O–H groups in total. The van der Waals surface area contributed by atoms with Crippen LogP contribution in [0.3, 0.4) is 0 Å². The van der Waals surface area contributed by atoms with Gasteiger partial charge in [-0.05, 0) is 61.4 Å². The molecule has 0 saturated heterocycles. The first kappa shape index (κ1) is 26.2. The van der Waals surface area contributed by atoms with E-state index in [9.17, 15) is 19.2 Å². The highest BCUT2D eigenvalue weighted by molar-refractivity contribution is 5.91. The van der Waals surface area contributed by atoms with Gasteiger partial charge in [0.25, 0.3) is 0 Å². The molecule has 0 unspecified atom stereocenters. The van der Waals surface area contributed by atoms with Crippen molar-refractivity contribution in [3.63, 3.8) is 0 Å². The number of benzene rings is 2. The molecular weight excluding hydrogens is 464 g/mol. The molecule has 0 heterocycles. The van der Waals surface area contributed by atoms with E-state index in [-0.39, 0.29) is 0 Å². The number of unbranched alkanes of at least 4 members (excludes halogenated alkanes) is 1. The van der Waals surface area contributed by atoms with Crippen molar-refractivity contribution in [3.05, 3.63) is 102 Å². The second-order valence-electron chi connectivity index (χ2n) is 7.74. The predicted molar refractivity (Wildman–Crippen MR) is 130 cm³/mol. The highest BCUT2D eigenvalue weighted by atomic mass is 16.5. The number of aldehydes is 1. The Morgan fingerprint density at radius 2 is 1.31 bits per heavy atom. The van der Waals surface area contributed by atoms with Crippen LogP contribution in [-0.4, -0.2) is 37.4 Å². The van der Waals surface area contributed by atoms with Crippen molar-refractivity contribution in [2.75, 3.05) is 13.2 Å². The molecule has 1 aliphatic rings. The topological polar surface area (TPSA) is 105 Å². The fourth-order valence-corrected chi connectivity index (χ4v) is 3.14. The minimum absolute atomic E-state index is 0.310. The molecule has 0 bridgehead atoms. The van der Waals surface area contributed by atoms with Crippen LogP contribution < -0.4 is 4.74 Å². The van der Waals surface area contributed by atoms with Gasteiger partial charge in [-0.1, -0.05) is 18.7 Å². The van der Waals surface area contributed by atoms with Gasteiger partial charge in [-0.15, -0.1) is 0 Å². The highest BCUT2D eigenvalue weighted by Crippen LogP contribution is 2.23. The van der Waals surface area contributed by atoms with Gasteiger partial charge in [0.15, 0.2) is 0 Å². The van der Waals surface area contributed by atoms with Crippen LogP contribution in [0.5, 0.6) is 5.75 Å². The van der Waals surface area contributed by atoms with Crippen molar-refractivity contribution >= 4 is 24.2 Å². The van der Waals surface area contributed by atoms with Gasteiger partial charge in [0, 0.05) is 24.5 Å². The van der Waals surface area contributed by atoms with Gasteiger partial charge in [-0.3, -0.25) is 4.79 Å². The smallest absolute Gasteiger partial charge is 0.343 e. The molecule has 2 aromatic rings. The van der Waals surface area contributed by atoms with Crippen LogP contribution in [0, 0.1) is 0 Å². The Bertz CT molecular complexity index is 1160. The van der Waals surface area contributed by atoms with E-state index in [1.54, 1.807) is 48.6 Å². The number of ether oxygens (including phenoxy) is 4. The third-order valence-corrected chi connectivity index (χ3v) is 5.11. The normalized spacial score (nSPS) is 12.4. The molecule has 0 amide bonds. The molecule has 36 heavy (non-hydrogen) atoms. The van der Waals surface area contributed by atoms with Crippen molar-refractivity contribution in [1.82, 2.24) is 0 Å². The van der Waals surface area contributed by atoms with E-state index in [0.29, 0.717) is 79.1 Å². The van der Waals surface area contributed by atoms with Gasteiger partial charge in [0.2, 0.25) is 0 Å². The lowest BCUT2D eigenvalue weighted by atomic mass is 10.1. The Kier molecular flexibility index (Phi) is 9.76. The largest absolute Gasteiger partial charge is 0.494 e. The fraction of sp³-hybridized carbons (Fsp3) is 0.214. The van der Waals surface area contributed by atoms with E-state index in [1.165, 1.54) is 12.1 Å². The minimum Gasteiger partial charge on any atom is -0.494 e. The van der Waals surface area contributed by atoms with Crippen molar-refractivity contribution in [3.8, 4) is 5.75 Å². The lowest BCUT2D eigenvalue weighted by molar-refractivity contribution is -0.137. The van der Waals surface area contributed by atoms with Crippen LogP contribution in [0.25, 0.3) is 0 Å². The summed E-state index contributed by atoms with van der Waals surface area (Å²) in [6.07, 6.45) is 7.20. The second-order valence-corrected chi connectivity index (χ2v) is 7.74. The summed E-state index contributed by atoms with van der Waals surface area (Å²) < 4.78 is 21.3. The SMILES string of the molecule is C=CC(=O)OCCCCOc1ccc(C(=O)OC2=CC=C(OC(=O)c3ccc(C=O)cc3)CC2)cc1. The molecule has 0 aliphatic heterocycles. The standard InChI is InChI=1S/C28H26O8/c1-2-26(30)34-18-4-3-17-33-23-11-9-22(10-12-23)28(32)36-25-15-13-24(14-16-25)35-27(31)21-7-5-20(19-29)6-8-21/h2,5-13,15,19H,1,3-4,14,16-18H2. The van der Waals surface area contributed by atoms with Crippen molar-refractivity contribution in [2.45, 2.75) is 25.7 Å². The maximum Gasteiger partial charge on any atom is 0.343 e. The molecule has 2 aromatic carbocycles. The van der Waals surface area contributed by atoms with Gasteiger partial charge in [-0.25, -0.2) is 14.4 Å². The summed E-state index contributed by atoms with van der Waals surface area (Å²) in [4.78, 5) is 46.4. The number of carbonyl (C=O) groups excluding carboxylic acids is 4. The van der Waals surface area contributed by atoms with E-state index in [1.807, 2.05) is 0 Å². The van der Waals surface area contributed by atoms with Crippen LogP contribution in [0.2, 0.25) is 0 Å². The van der Waals surface area contributed by atoms with Gasteiger partial charge in [-0.2, -0.15) is 0 Å². The van der Waals surface area contributed by atoms with Crippen LogP contribution in [-0.2, 0) is 19.0 Å². The summed E-state index contributed by atoms with van der Waals surface area (Å²) in [5, 5.41) is 0. The minimum atomic E-state index is -0.522. The molecule has 1 aliphatic carbocycles. The summed E-state index contributed by atoms with van der Waals surface area (Å²) in [5.74, 6) is 0.0714. The molecule has 0 saturated carbocycles. The maximum absolute atomic E-state index is 12.4. The number of hydrogen-bond donors (Lipinski definition) is 0. The Morgan fingerprint density at radius 3 is 1.81 bits per heavy atom. The van der Waals surface area contributed by atoms with Crippen LogP contribution in [0.15, 0.2) is 84.9 Å². The first-order valence-electron chi connectivity index (χ1n) is 11.4. The lowest BCUT2D eigenvalue weighted by Gasteiger charge is -2.15. The summed E-state index contributed by atoms with van der Waals surface area (Å²) >= 11 is 0. The second kappa shape index (κ2) is 13.4. The predicted octanol–water partition coefficient (Wildman–Crippen LogP) is 4.96. The Morgan fingerprint density at radius 1 is 0.778 bits per heavy atom. The molecule has 0 aromatic heterocycles. The fourth-order valence-electron chi connectivity index (χ4n) is 3.14. The lowest BCUT2D eigenvalue weighted by Crippen LogP contribution is -2.10. The number of carbonyl (C=O) groups is 4. The molecule has 0 atom stereocenters. The molecular formula is C28H26O8.